The van der Waals surface area contributed by atoms with Gasteiger partial charge in [-0.05, 0) is 42.7 Å². The second-order valence-electron chi connectivity index (χ2n) is 5.93. The second-order valence-corrected chi connectivity index (χ2v) is 8.00. The Morgan fingerprint density at radius 2 is 2.00 bits per heavy atom. The van der Waals surface area contributed by atoms with Crippen LogP contribution >= 0.6 is 35.0 Å². The average Bonchev–Trinajstić information content (AvgIpc) is 2.96. The predicted molar refractivity (Wildman–Crippen MR) is 93.4 cm³/mol. The number of fused-ring (bicyclic) bond motifs is 1. The van der Waals surface area contributed by atoms with Crippen molar-refractivity contribution >= 4 is 46.5 Å². The van der Waals surface area contributed by atoms with Crippen molar-refractivity contribution in [3.05, 3.63) is 45.1 Å². The maximum atomic E-state index is 12.6. The Balaban J connectivity index is 1.87. The zero-order valence-corrected chi connectivity index (χ0v) is 14.3. The highest BCUT2D eigenvalue weighted by molar-refractivity contribution is 8.01. The monoisotopic (exact) mass is 351 g/mol. The van der Waals surface area contributed by atoms with E-state index in [1.54, 1.807) is 0 Å². The van der Waals surface area contributed by atoms with Gasteiger partial charge in [-0.25, -0.2) is 0 Å². The van der Waals surface area contributed by atoms with E-state index in [4.69, 9.17) is 28.2 Å². The van der Waals surface area contributed by atoms with Gasteiger partial charge in [-0.15, -0.1) is 0 Å². The topological polar surface area (TPSA) is 29.4 Å². The van der Waals surface area contributed by atoms with Crippen LogP contribution in [0, 0.1) is 0 Å². The summed E-state index contributed by atoms with van der Waals surface area (Å²) in [5.74, 6) is 1.42. The van der Waals surface area contributed by atoms with Crippen molar-refractivity contribution in [3.8, 4) is 0 Å². The van der Waals surface area contributed by atoms with Crippen molar-refractivity contribution in [3.63, 3.8) is 0 Å². The van der Waals surface area contributed by atoms with Gasteiger partial charge in [0.1, 0.15) is 0 Å². The van der Waals surface area contributed by atoms with Gasteiger partial charge >= 0.3 is 0 Å². The van der Waals surface area contributed by atoms with E-state index in [9.17, 15) is 4.79 Å². The lowest BCUT2D eigenvalue weighted by Crippen LogP contribution is -2.32. The third-order valence-electron chi connectivity index (χ3n) is 4.61. The molecule has 1 aromatic carbocycles. The first-order chi connectivity index (χ1) is 10.6. The highest BCUT2D eigenvalue weighted by Crippen LogP contribution is 2.48. The number of benzene rings is 1. The molecular weight excluding hydrogens is 337 g/mol. The summed E-state index contributed by atoms with van der Waals surface area (Å²) >= 11 is 14.2. The molecule has 114 valence electrons. The molecule has 3 aliphatic rings. The standard InChI is InChI=1S/C17H15Cl2NOS/c18-10-5-4-9(8-11(10)19)15-16-12(2-1-3-14(16)21)20-13-6-7-22-17(13)15/h4-5,8,15,17H,1-3,6-7H2/t15-,17?/m1/s1. The van der Waals surface area contributed by atoms with E-state index in [2.05, 4.69) is 0 Å². The Labute approximate surface area is 144 Å². The van der Waals surface area contributed by atoms with Crippen molar-refractivity contribution < 1.29 is 4.79 Å². The van der Waals surface area contributed by atoms with Crippen LogP contribution in [0.5, 0.6) is 0 Å². The fourth-order valence-corrected chi connectivity index (χ4v) is 5.36. The van der Waals surface area contributed by atoms with Gasteiger partial charge in [0.2, 0.25) is 0 Å². The molecule has 0 amide bonds. The number of nitrogens with zero attached hydrogens (tertiary/aromatic N) is 1. The fraction of sp³-hybridized carbons (Fsp3) is 0.412. The van der Waals surface area contributed by atoms with Crippen LogP contribution in [-0.2, 0) is 4.79 Å². The van der Waals surface area contributed by atoms with Crippen molar-refractivity contribution in [2.24, 2.45) is 4.99 Å². The number of halogens is 2. The highest BCUT2D eigenvalue weighted by Gasteiger charge is 2.42. The number of thioether (sulfide) groups is 1. The summed E-state index contributed by atoms with van der Waals surface area (Å²) in [6, 6.07) is 5.76. The first-order valence-corrected chi connectivity index (χ1v) is 9.36. The van der Waals surface area contributed by atoms with Gasteiger partial charge in [-0.2, -0.15) is 11.8 Å². The number of hydrogen-bond acceptors (Lipinski definition) is 3. The summed E-state index contributed by atoms with van der Waals surface area (Å²) in [6.45, 7) is 0. The maximum absolute atomic E-state index is 12.6. The van der Waals surface area contributed by atoms with Crippen LogP contribution in [0.1, 0.15) is 37.2 Å². The fourth-order valence-electron chi connectivity index (χ4n) is 3.62. The van der Waals surface area contributed by atoms with E-state index in [1.807, 2.05) is 30.0 Å². The van der Waals surface area contributed by atoms with Crippen molar-refractivity contribution in [1.82, 2.24) is 0 Å². The first-order valence-electron chi connectivity index (χ1n) is 7.55. The van der Waals surface area contributed by atoms with Crippen LogP contribution in [0.2, 0.25) is 10.0 Å². The summed E-state index contributed by atoms with van der Waals surface area (Å²) in [5.41, 5.74) is 4.27. The molecule has 22 heavy (non-hydrogen) atoms. The number of rotatable bonds is 1. The lowest BCUT2D eigenvalue weighted by Gasteiger charge is -2.33. The van der Waals surface area contributed by atoms with Gasteiger partial charge < -0.3 is 0 Å². The van der Waals surface area contributed by atoms with Gasteiger partial charge in [0, 0.05) is 29.3 Å². The zero-order valence-electron chi connectivity index (χ0n) is 11.9. The second kappa shape index (κ2) is 5.70. The van der Waals surface area contributed by atoms with Gasteiger partial charge in [0.15, 0.2) is 5.78 Å². The number of carbonyl (C=O) groups is 1. The molecule has 0 bridgehead atoms. The van der Waals surface area contributed by atoms with Crippen LogP contribution < -0.4 is 0 Å². The van der Waals surface area contributed by atoms with Gasteiger partial charge in [-0.3, -0.25) is 9.79 Å². The third-order valence-corrected chi connectivity index (χ3v) is 6.69. The molecule has 1 fully saturated rings. The molecule has 0 aromatic heterocycles. The highest BCUT2D eigenvalue weighted by atomic mass is 35.5. The quantitative estimate of drug-likeness (QED) is 0.708. The molecule has 1 aliphatic carbocycles. The Kier molecular flexibility index (Phi) is 3.83. The molecule has 2 nitrogen and oxygen atoms in total. The summed E-state index contributed by atoms with van der Waals surface area (Å²) in [7, 11) is 0. The molecule has 0 saturated carbocycles. The zero-order chi connectivity index (χ0) is 15.3. The number of carbonyl (C=O) groups excluding carboxylic acids is 1. The van der Waals surface area contributed by atoms with E-state index in [1.165, 1.54) is 5.71 Å². The van der Waals surface area contributed by atoms with Crippen LogP contribution in [0.4, 0.5) is 0 Å². The van der Waals surface area contributed by atoms with Crippen LogP contribution in [-0.4, -0.2) is 22.5 Å². The van der Waals surface area contributed by atoms with E-state index in [-0.39, 0.29) is 17.0 Å². The number of ketones is 1. The number of hydrogen-bond donors (Lipinski definition) is 0. The van der Waals surface area contributed by atoms with Crippen molar-refractivity contribution in [2.75, 3.05) is 5.75 Å². The minimum Gasteiger partial charge on any atom is -0.294 e. The Morgan fingerprint density at radius 1 is 1.14 bits per heavy atom. The number of aliphatic imine (C=N–C) groups is 1. The molecule has 1 unspecified atom stereocenters. The normalized spacial score (nSPS) is 27.5. The summed E-state index contributed by atoms with van der Waals surface area (Å²) in [4.78, 5) is 17.4. The first kappa shape index (κ1) is 14.8. The van der Waals surface area contributed by atoms with E-state index >= 15 is 0 Å². The van der Waals surface area contributed by atoms with Gasteiger partial charge in [0.05, 0.1) is 15.3 Å². The SMILES string of the molecule is O=C1CCCC2=C1[C@@H](c1ccc(Cl)c(Cl)c1)C1SCCC1=N2. The van der Waals surface area contributed by atoms with Gasteiger partial charge in [-0.1, -0.05) is 29.3 Å². The minimum atomic E-state index is 0.0811. The molecule has 0 spiro atoms. The molecule has 2 atom stereocenters. The van der Waals surface area contributed by atoms with Crippen LogP contribution in [0.25, 0.3) is 0 Å². The summed E-state index contributed by atoms with van der Waals surface area (Å²) in [6.07, 6.45) is 3.50. The number of Topliss-reactive ketones (excluding diaryl/α,β-unsaturated/α-hetero) is 1. The Hall–Kier alpha value is -0.770. The number of allylic oxidation sites excluding steroid dienone is 2. The van der Waals surface area contributed by atoms with Crippen LogP contribution in [0.3, 0.4) is 0 Å². The van der Waals surface area contributed by atoms with Crippen molar-refractivity contribution in [2.45, 2.75) is 36.9 Å². The van der Waals surface area contributed by atoms with Gasteiger partial charge in [0.25, 0.3) is 0 Å². The lowest BCUT2D eigenvalue weighted by molar-refractivity contribution is -0.116. The molecule has 5 heteroatoms. The molecule has 1 aromatic rings. The molecule has 1 saturated heterocycles. The Morgan fingerprint density at radius 3 is 2.82 bits per heavy atom. The van der Waals surface area contributed by atoms with E-state index in [0.717, 1.165) is 41.8 Å². The molecule has 2 aliphatic heterocycles. The molecular formula is C17H15Cl2NOS. The Bertz CT molecular complexity index is 725. The predicted octanol–water partition coefficient (Wildman–Crippen LogP) is 5.04. The largest absolute Gasteiger partial charge is 0.294 e. The molecule has 0 radical (unpaired) electrons. The summed E-state index contributed by atoms with van der Waals surface area (Å²) in [5, 5.41) is 1.38. The molecule has 0 N–H and O–H groups in total. The summed E-state index contributed by atoms with van der Waals surface area (Å²) < 4.78 is 0. The minimum absolute atomic E-state index is 0.0811. The van der Waals surface area contributed by atoms with Crippen LogP contribution in [0.15, 0.2) is 34.5 Å². The third kappa shape index (κ3) is 2.34. The smallest absolute Gasteiger partial charge is 0.161 e. The van der Waals surface area contributed by atoms with Crippen molar-refractivity contribution in [1.29, 1.82) is 0 Å². The molecule has 4 rings (SSSR count). The molecule has 2 heterocycles. The maximum Gasteiger partial charge on any atom is 0.161 e. The lowest BCUT2D eigenvalue weighted by atomic mass is 9.77. The average molecular weight is 352 g/mol. The van der Waals surface area contributed by atoms with E-state index in [0.29, 0.717) is 16.5 Å². The van der Waals surface area contributed by atoms with E-state index < -0.39 is 0 Å².